The number of hydrogen-bond donors (Lipinski definition) is 1. The second-order valence-corrected chi connectivity index (χ2v) is 8.29. The van der Waals surface area contributed by atoms with Crippen molar-refractivity contribution < 1.29 is 32.3 Å². The zero-order valence-electron chi connectivity index (χ0n) is 18.1. The number of carbonyl (C=O) groups excluding carboxylic acids is 1. The molecule has 1 N–H and O–H groups in total. The largest absolute Gasteiger partial charge is 0.483 e. The minimum absolute atomic E-state index is 0.0698. The third-order valence-electron chi connectivity index (χ3n) is 6.19. The number of benzene rings is 2. The molecule has 2 aliphatic rings. The number of nitrogens with zero attached hydrogens (tertiary/aromatic N) is 2. The fraction of sp³-hybridized carbons (Fsp3) is 0.417. The van der Waals surface area contributed by atoms with Gasteiger partial charge in [0.05, 0.1) is 17.2 Å². The predicted molar refractivity (Wildman–Crippen MR) is 114 cm³/mol. The molecular formula is C24H26F4N2O3. The Kier molecular flexibility index (Phi) is 7.73. The molecule has 9 heteroatoms. The molecule has 2 fully saturated rings. The van der Waals surface area contributed by atoms with Gasteiger partial charge in [-0.3, -0.25) is 9.59 Å². The number of amides is 1. The van der Waals surface area contributed by atoms with E-state index in [1.54, 1.807) is 12.1 Å². The molecule has 0 unspecified atom stereocenters. The van der Waals surface area contributed by atoms with Gasteiger partial charge in [-0.1, -0.05) is 31.2 Å². The molecule has 2 aliphatic heterocycles. The maximum atomic E-state index is 14.0. The fourth-order valence-corrected chi connectivity index (χ4v) is 5.03. The van der Waals surface area contributed by atoms with Crippen LogP contribution < -0.4 is 0 Å². The zero-order valence-corrected chi connectivity index (χ0v) is 18.1. The minimum Gasteiger partial charge on any atom is -0.483 e. The van der Waals surface area contributed by atoms with E-state index >= 15 is 0 Å². The lowest BCUT2D eigenvalue weighted by atomic mass is 9.89. The Hall–Kier alpha value is -2.94. The molecule has 2 heterocycles. The first-order chi connectivity index (χ1) is 15.7. The van der Waals surface area contributed by atoms with Crippen LogP contribution in [0.2, 0.25) is 0 Å². The number of carboxylic acid groups (broad SMARTS) is 1. The SMILES string of the molecule is CCCN1C[C@H]2CN(C(=O)c3ccccc3C(F)(F)F)[C@H](c3cccc(F)c3)[C@H]2C1.O=CO. The summed E-state index contributed by atoms with van der Waals surface area (Å²) in [5.41, 5.74) is -0.645. The Morgan fingerprint density at radius 1 is 1.12 bits per heavy atom. The number of hydrogen-bond acceptors (Lipinski definition) is 3. The second kappa shape index (κ2) is 10.3. The van der Waals surface area contributed by atoms with Crippen molar-refractivity contribution in [3.05, 3.63) is 71.0 Å². The van der Waals surface area contributed by atoms with Crippen molar-refractivity contribution >= 4 is 12.4 Å². The Bertz CT molecular complexity index is 982. The van der Waals surface area contributed by atoms with E-state index < -0.39 is 29.5 Å². The molecule has 3 atom stereocenters. The van der Waals surface area contributed by atoms with Crippen molar-refractivity contribution in [2.45, 2.75) is 25.6 Å². The van der Waals surface area contributed by atoms with Crippen LogP contribution in [0.15, 0.2) is 48.5 Å². The number of alkyl halides is 3. The summed E-state index contributed by atoms with van der Waals surface area (Å²) < 4.78 is 54.5. The molecule has 0 radical (unpaired) electrons. The zero-order chi connectivity index (χ0) is 24.2. The molecule has 1 amide bonds. The number of likely N-dealkylation sites (tertiary alicyclic amines) is 2. The van der Waals surface area contributed by atoms with E-state index in [2.05, 4.69) is 11.8 Å². The van der Waals surface area contributed by atoms with Crippen molar-refractivity contribution in [3.63, 3.8) is 0 Å². The average molecular weight is 466 g/mol. The summed E-state index contributed by atoms with van der Waals surface area (Å²) in [6.45, 7) is 4.71. The highest BCUT2D eigenvalue weighted by Crippen LogP contribution is 2.46. The number of halogens is 4. The molecule has 33 heavy (non-hydrogen) atoms. The first kappa shape index (κ1) is 24.7. The van der Waals surface area contributed by atoms with Crippen LogP contribution in [0.3, 0.4) is 0 Å². The van der Waals surface area contributed by atoms with E-state index in [4.69, 9.17) is 9.90 Å². The van der Waals surface area contributed by atoms with Gasteiger partial charge in [0.2, 0.25) is 0 Å². The minimum atomic E-state index is -4.62. The van der Waals surface area contributed by atoms with E-state index in [9.17, 15) is 22.4 Å². The van der Waals surface area contributed by atoms with Crippen molar-refractivity contribution in [1.29, 1.82) is 0 Å². The normalized spacial score (nSPS) is 22.5. The molecule has 0 aliphatic carbocycles. The van der Waals surface area contributed by atoms with Gasteiger partial charge in [0, 0.05) is 25.6 Å². The molecule has 2 aromatic carbocycles. The molecule has 2 aromatic rings. The first-order valence-corrected chi connectivity index (χ1v) is 10.7. The maximum Gasteiger partial charge on any atom is 0.417 e. The van der Waals surface area contributed by atoms with E-state index in [0.717, 1.165) is 32.1 Å². The first-order valence-electron chi connectivity index (χ1n) is 10.7. The molecule has 5 nitrogen and oxygen atoms in total. The Morgan fingerprint density at radius 3 is 2.45 bits per heavy atom. The highest BCUT2D eigenvalue weighted by molar-refractivity contribution is 5.96. The third-order valence-corrected chi connectivity index (χ3v) is 6.19. The number of fused-ring (bicyclic) bond motifs is 1. The van der Waals surface area contributed by atoms with Gasteiger partial charge < -0.3 is 14.9 Å². The highest BCUT2D eigenvalue weighted by atomic mass is 19.4. The lowest BCUT2D eigenvalue weighted by molar-refractivity contribution is -0.138. The summed E-state index contributed by atoms with van der Waals surface area (Å²) in [6, 6.07) is 10.5. The van der Waals surface area contributed by atoms with E-state index in [1.807, 2.05) is 0 Å². The van der Waals surface area contributed by atoms with E-state index in [0.29, 0.717) is 12.1 Å². The van der Waals surface area contributed by atoms with Crippen LogP contribution in [0.1, 0.15) is 40.9 Å². The summed E-state index contributed by atoms with van der Waals surface area (Å²) in [7, 11) is 0. The van der Waals surface area contributed by atoms with Crippen molar-refractivity contribution in [1.82, 2.24) is 9.80 Å². The van der Waals surface area contributed by atoms with Crippen LogP contribution in [0.5, 0.6) is 0 Å². The monoisotopic (exact) mass is 466 g/mol. The predicted octanol–water partition coefficient (Wildman–Crippen LogP) is 4.70. The van der Waals surface area contributed by atoms with Crippen molar-refractivity contribution in [2.75, 3.05) is 26.2 Å². The van der Waals surface area contributed by atoms with E-state index in [1.165, 1.54) is 35.2 Å². The van der Waals surface area contributed by atoms with Gasteiger partial charge in [-0.25, -0.2) is 4.39 Å². The quantitative estimate of drug-likeness (QED) is 0.524. The van der Waals surface area contributed by atoms with Gasteiger partial charge in [0.1, 0.15) is 5.82 Å². The lowest BCUT2D eigenvalue weighted by Gasteiger charge is -2.30. The maximum absolute atomic E-state index is 14.0. The highest BCUT2D eigenvalue weighted by Gasteiger charge is 2.50. The van der Waals surface area contributed by atoms with Gasteiger partial charge in [-0.2, -0.15) is 13.2 Å². The molecule has 2 saturated heterocycles. The van der Waals surface area contributed by atoms with Gasteiger partial charge in [0.25, 0.3) is 12.4 Å². The third kappa shape index (κ3) is 5.35. The topological polar surface area (TPSA) is 60.9 Å². The smallest absolute Gasteiger partial charge is 0.417 e. The fourth-order valence-electron chi connectivity index (χ4n) is 5.03. The summed E-state index contributed by atoms with van der Waals surface area (Å²) >= 11 is 0. The number of rotatable bonds is 4. The van der Waals surface area contributed by atoms with Gasteiger partial charge in [-0.15, -0.1) is 0 Å². The number of carbonyl (C=O) groups is 2. The van der Waals surface area contributed by atoms with Gasteiger partial charge >= 0.3 is 6.18 Å². The van der Waals surface area contributed by atoms with Gasteiger partial charge in [-0.05, 0) is 48.7 Å². The summed E-state index contributed by atoms with van der Waals surface area (Å²) in [5.74, 6) is -0.830. The molecule has 0 spiro atoms. The standard InChI is InChI=1S/C23H24F4N2O.CH2O2/c1-2-10-28-12-16-13-29(21(19(16)14-28)15-6-5-7-17(24)11-15)22(30)18-8-3-4-9-20(18)23(25,26)27;2-1-3/h3-9,11,16,19,21H,2,10,12-14H2,1H3;1H,(H,2,3)/t16-,19-,21+;/m0./s1. The van der Waals surface area contributed by atoms with Crippen molar-refractivity contribution in [2.24, 2.45) is 11.8 Å². The Labute approximate surface area is 189 Å². The van der Waals surface area contributed by atoms with Crippen LogP contribution in [-0.2, 0) is 11.0 Å². The molecule has 0 bridgehead atoms. The Balaban J connectivity index is 0.000000968. The summed E-state index contributed by atoms with van der Waals surface area (Å²) in [4.78, 5) is 25.6. The molecule has 0 saturated carbocycles. The second-order valence-electron chi connectivity index (χ2n) is 8.29. The lowest BCUT2D eigenvalue weighted by Crippen LogP contribution is -2.36. The molecule has 178 valence electrons. The van der Waals surface area contributed by atoms with Crippen molar-refractivity contribution in [3.8, 4) is 0 Å². The van der Waals surface area contributed by atoms with Crippen LogP contribution in [-0.4, -0.2) is 53.5 Å². The molecule has 4 rings (SSSR count). The van der Waals surface area contributed by atoms with Crippen LogP contribution >= 0.6 is 0 Å². The van der Waals surface area contributed by atoms with E-state index in [-0.39, 0.29) is 23.9 Å². The van der Waals surface area contributed by atoms with Gasteiger partial charge in [0.15, 0.2) is 0 Å². The van der Waals surface area contributed by atoms with Crippen LogP contribution in [0.25, 0.3) is 0 Å². The van der Waals surface area contributed by atoms with Crippen LogP contribution in [0, 0.1) is 17.7 Å². The van der Waals surface area contributed by atoms with Crippen LogP contribution in [0.4, 0.5) is 17.6 Å². The average Bonchev–Trinajstić information content (AvgIpc) is 3.30. The molecular weight excluding hydrogens is 440 g/mol. The molecule has 0 aromatic heterocycles. The summed E-state index contributed by atoms with van der Waals surface area (Å²) in [5, 5.41) is 6.89. The Morgan fingerprint density at radius 2 is 1.82 bits per heavy atom. The summed E-state index contributed by atoms with van der Waals surface area (Å²) in [6.07, 6.45) is -3.61.